The van der Waals surface area contributed by atoms with Gasteiger partial charge < -0.3 is 5.32 Å². The number of nitrogens with one attached hydrogen (secondary N) is 1. The van der Waals surface area contributed by atoms with Crippen molar-refractivity contribution in [3.63, 3.8) is 0 Å². The first kappa shape index (κ1) is 5.78. The molecule has 1 aliphatic heterocycles. The van der Waals surface area contributed by atoms with Gasteiger partial charge in [0.2, 0.25) is 0 Å². The second kappa shape index (κ2) is 2.33. The highest BCUT2D eigenvalue weighted by Crippen LogP contribution is 2.18. The third-order valence-electron chi connectivity index (χ3n) is 1.95. The Hall–Kier alpha value is -0.980. The van der Waals surface area contributed by atoms with Crippen molar-refractivity contribution in [2.24, 2.45) is 0 Å². The standard InChI is InChI=1S/C9H11N/c1-2-5-8(4-1)9-6-3-7-10-9/h1-2,4-5,10H,3,6-7H2. The fraction of sp³-hybridized carbons (Fsp3) is 0.333. The van der Waals surface area contributed by atoms with E-state index in [-0.39, 0.29) is 0 Å². The molecule has 0 unspecified atom stereocenters. The van der Waals surface area contributed by atoms with Gasteiger partial charge in [0, 0.05) is 12.2 Å². The predicted octanol–water partition coefficient (Wildman–Crippen LogP) is 1.75. The lowest BCUT2D eigenvalue weighted by Crippen LogP contribution is -2.04. The highest BCUT2D eigenvalue weighted by Gasteiger charge is 2.08. The molecule has 0 aromatic heterocycles. The maximum atomic E-state index is 3.38. The third kappa shape index (κ3) is 0.878. The van der Waals surface area contributed by atoms with Crippen LogP contribution in [0.4, 0.5) is 0 Å². The van der Waals surface area contributed by atoms with Gasteiger partial charge in [-0.15, -0.1) is 0 Å². The van der Waals surface area contributed by atoms with Gasteiger partial charge in [0.05, 0.1) is 0 Å². The molecule has 52 valence electrons. The minimum absolute atomic E-state index is 1.15. The Kier molecular flexibility index (Phi) is 1.35. The fourth-order valence-corrected chi connectivity index (χ4v) is 1.41. The van der Waals surface area contributed by atoms with Crippen LogP contribution in [0.1, 0.15) is 12.8 Å². The van der Waals surface area contributed by atoms with E-state index >= 15 is 0 Å². The van der Waals surface area contributed by atoms with Crippen LogP contribution >= 0.6 is 0 Å². The lowest BCUT2D eigenvalue weighted by molar-refractivity contribution is 0.902. The number of allylic oxidation sites excluding steroid dienone is 6. The molecule has 1 heterocycles. The molecule has 0 aromatic rings. The molecule has 1 fully saturated rings. The monoisotopic (exact) mass is 133 g/mol. The minimum atomic E-state index is 1.15. The van der Waals surface area contributed by atoms with Gasteiger partial charge in [-0.25, -0.2) is 0 Å². The van der Waals surface area contributed by atoms with Gasteiger partial charge in [-0.3, -0.25) is 0 Å². The smallest absolute Gasteiger partial charge is 0.0181 e. The van der Waals surface area contributed by atoms with E-state index < -0.39 is 0 Å². The summed E-state index contributed by atoms with van der Waals surface area (Å²) in [5.74, 6) is 0. The van der Waals surface area contributed by atoms with Crippen LogP contribution in [-0.2, 0) is 0 Å². The van der Waals surface area contributed by atoms with Crippen LogP contribution in [-0.4, -0.2) is 6.54 Å². The van der Waals surface area contributed by atoms with Crippen molar-refractivity contribution in [1.82, 2.24) is 5.32 Å². The summed E-state index contributed by atoms with van der Waals surface area (Å²) in [5.41, 5.74) is 2.79. The van der Waals surface area contributed by atoms with Crippen molar-refractivity contribution in [2.45, 2.75) is 12.8 Å². The lowest BCUT2D eigenvalue weighted by Gasteiger charge is -1.99. The summed E-state index contributed by atoms with van der Waals surface area (Å²) >= 11 is 0. The molecule has 2 rings (SSSR count). The third-order valence-corrected chi connectivity index (χ3v) is 1.95. The molecule has 0 atom stereocenters. The first-order valence-corrected chi connectivity index (χ1v) is 3.78. The summed E-state index contributed by atoms with van der Waals surface area (Å²) in [5, 5.41) is 3.38. The van der Waals surface area contributed by atoms with E-state index in [1.54, 1.807) is 0 Å². The van der Waals surface area contributed by atoms with Gasteiger partial charge in [0.25, 0.3) is 0 Å². The average molecular weight is 133 g/mol. The first-order valence-electron chi connectivity index (χ1n) is 3.78. The summed E-state index contributed by atoms with van der Waals surface area (Å²) in [6, 6.07) is 0. The fourth-order valence-electron chi connectivity index (χ4n) is 1.41. The molecule has 1 heteroatoms. The van der Waals surface area contributed by atoms with Crippen molar-refractivity contribution in [2.75, 3.05) is 6.54 Å². The zero-order valence-corrected chi connectivity index (χ0v) is 5.93. The van der Waals surface area contributed by atoms with Gasteiger partial charge in [0.1, 0.15) is 0 Å². The molecule has 10 heavy (non-hydrogen) atoms. The van der Waals surface area contributed by atoms with E-state index in [0.717, 1.165) is 6.54 Å². The maximum Gasteiger partial charge on any atom is 0.0181 e. The average Bonchev–Trinajstić information content (AvgIpc) is 2.59. The maximum absolute atomic E-state index is 3.38. The van der Waals surface area contributed by atoms with E-state index in [4.69, 9.17) is 0 Å². The van der Waals surface area contributed by atoms with Gasteiger partial charge in [-0.05, 0) is 18.4 Å². The van der Waals surface area contributed by atoms with E-state index in [1.165, 1.54) is 24.1 Å². The molecule has 1 aliphatic carbocycles. The van der Waals surface area contributed by atoms with Crippen molar-refractivity contribution in [1.29, 1.82) is 0 Å². The summed E-state index contributed by atoms with van der Waals surface area (Å²) < 4.78 is 0. The second-order valence-electron chi connectivity index (χ2n) is 2.68. The van der Waals surface area contributed by atoms with Crippen LogP contribution in [0.15, 0.2) is 35.6 Å². The van der Waals surface area contributed by atoms with Crippen molar-refractivity contribution in [3.8, 4) is 0 Å². The van der Waals surface area contributed by atoms with Gasteiger partial charge >= 0.3 is 0 Å². The first-order chi connectivity index (χ1) is 4.97. The molecule has 1 N–H and O–H groups in total. The summed E-state index contributed by atoms with van der Waals surface area (Å²) in [6.07, 6.45) is 11.0. The molecule has 0 saturated carbocycles. The molecular formula is C9H11N. The van der Waals surface area contributed by atoms with Crippen molar-refractivity contribution in [3.05, 3.63) is 35.6 Å². The van der Waals surface area contributed by atoms with Crippen LogP contribution in [0.5, 0.6) is 0 Å². The Morgan fingerprint density at radius 1 is 1.20 bits per heavy atom. The largest absolute Gasteiger partial charge is 0.388 e. The van der Waals surface area contributed by atoms with Crippen molar-refractivity contribution >= 4 is 0 Å². The Morgan fingerprint density at radius 3 is 2.60 bits per heavy atom. The van der Waals surface area contributed by atoms with Crippen LogP contribution in [0, 0.1) is 0 Å². The lowest BCUT2D eigenvalue weighted by atomic mass is 10.2. The molecule has 0 radical (unpaired) electrons. The molecule has 0 amide bonds. The van der Waals surface area contributed by atoms with Gasteiger partial charge in [-0.2, -0.15) is 0 Å². The Balaban J connectivity index is 2.26. The quantitative estimate of drug-likeness (QED) is 0.531. The Labute approximate surface area is 61.1 Å². The number of hydrogen-bond acceptors (Lipinski definition) is 1. The zero-order valence-electron chi connectivity index (χ0n) is 5.93. The summed E-state index contributed by atoms with van der Waals surface area (Å²) in [6.45, 7) is 1.15. The second-order valence-corrected chi connectivity index (χ2v) is 2.68. The summed E-state index contributed by atoms with van der Waals surface area (Å²) in [4.78, 5) is 0. The van der Waals surface area contributed by atoms with Crippen LogP contribution in [0.3, 0.4) is 0 Å². The molecular weight excluding hydrogens is 122 g/mol. The normalized spacial score (nSPS) is 22.4. The van der Waals surface area contributed by atoms with Crippen LogP contribution in [0.2, 0.25) is 0 Å². The van der Waals surface area contributed by atoms with E-state index in [1.807, 2.05) is 0 Å². The molecule has 1 nitrogen and oxygen atoms in total. The zero-order chi connectivity index (χ0) is 6.81. The number of hydrogen-bond donors (Lipinski definition) is 1. The van der Waals surface area contributed by atoms with E-state index in [0.29, 0.717) is 0 Å². The molecule has 0 aromatic carbocycles. The summed E-state index contributed by atoms with van der Waals surface area (Å²) in [7, 11) is 0. The molecule has 0 spiro atoms. The Morgan fingerprint density at radius 2 is 2.00 bits per heavy atom. The van der Waals surface area contributed by atoms with Crippen LogP contribution in [0.25, 0.3) is 0 Å². The van der Waals surface area contributed by atoms with E-state index in [2.05, 4.69) is 29.6 Å². The molecule has 1 saturated heterocycles. The van der Waals surface area contributed by atoms with Crippen molar-refractivity contribution < 1.29 is 0 Å². The SMILES string of the molecule is C1=CC(=C2CCCN2)C=C1. The number of rotatable bonds is 0. The van der Waals surface area contributed by atoms with Crippen LogP contribution < -0.4 is 5.32 Å². The predicted molar refractivity (Wildman–Crippen MR) is 42.5 cm³/mol. The Bertz CT molecular complexity index is 199. The topological polar surface area (TPSA) is 12.0 Å². The van der Waals surface area contributed by atoms with Gasteiger partial charge in [-0.1, -0.05) is 24.3 Å². The molecule has 0 bridgehead atoms. The minimum Gasteiger partial charge on any atom is -0.388 e. The van der Waals surface area contributed by atoms with Gasteiger partial charge in [0.15, 0.2) is 0 Å². The highest BCUT2D eigenvalue weighted by molar-refractivity contribution is 5.43. The molecule has 2 aliphatic rings. The highest BCUT2D eigenvalue weighted by atomic mass is 14.9. The van der Waals surface area contributed by atoms with E-state index in [9.17, 15) is 0 Å².